The van der Waals surface area contributed by atoms with Gasteiger partial charge in [-0.1, -0.05) is 13.8 Å². The Balaban J connectivity index is 2.45. The Kier molecular flexibility index (Phi) is 4.69. The monoisotopic (exact) mass is 310 g/mol. The lowest BCUT2D eigenvalue weighted by molar-refractivity contribution is 0.0996. The molecule has 0 saturated carbocycles. The first-order valence-corrected chi connectivity index (χ1v) is 6.73. The molecule has 3 N–H and O–H groups in total. The number of primary amides is 1. The highest BCUT2D eigenvalue weighted by Gasteiger charge is 2.22. The van der Waals surface area contributed by atoms with Gasteiger partial charge < -0.3 is 10.5 Å². The third-order valence-corrected chi connectivity index (χ3v) is 2.99. The van der Waals surface area contributed by atoms with Crippen LogP contribution in [0.15, 0.2) is 12.1 Å². The number of aromatic nitrogens is 3. The highest BCUT2D eigenvalue weighted by atomic mass is 19.1. The van der Waals surface area contributed by atoms with Crippen molar-refractivity contribution in [2.75, 3.05) is 6.61 Å². The van der Waals surface area contributed by atoms with E-state index in [1.807, 2.05) is 13.8 Å². The van der Waals surface area contributed by atoms with Crippen LogP contribution in [0.1, 0.15) is 30.8 Å². The number of ether oxygens (including phenoxy) is 1. The number of halogens is 2. The molecule has 0 atom stereocenters. The summed E-state index contributed by atoms with van der Waals surface area (Å²) in [4.78, 5) is 11.3. The summed E-state index contributed by atoms with van der Waals surface area (Å²) in [5.41, 5.74) is 4.90. The lowest BCUT2D eigenvalue weighted by Gasteiger charge is -2.13. The van der Waals surface area contributed by atoms with E-state index >= 15 is 0 Å². The summed E-state index contributed by atoms with van der Waals surface area (Å²) in [7, 11) is 0. The molecule has 2 aromatic rings. The van der Waals surface area contributed by atoms with Gasteiger partial charge in [0.15, 0.2) is 17.3 Å². The van der Waals surface area contributed by atoms with E-state index in [1.165, 1.54) is 0 Å². The first kappa shape index (κ1) is 15.9. The summed E-state index contributed by atoms with van der Waals surface area (Å²) in [6.45, 7) is 4.24. The molecule has 0 radical (unpaired) electrons. The quantitative estimate of drug-likeness (QED) is 0.856. The standard InChI is InChI=1S/C14H16F2N4O2/c1-7(2)3-4-22-13-9(5-8(15)6-10(13)16)11-12(14(17)21)19-20-18-11/h5-7H,3-4H2,1-2H3,(H2,17,21)(H,18,19,20). The molecule has 118 valence electrons. The summed E-state index contributed by atoms with van der Waals surface area (Å²) in [6, 6.07) is 1.73. The fourth-order valence-electron chi connectivity index (χ4n) is 1.87. The predicted octanol–water partition coefficient (Wildman–Crippen LogP) is 2.27. The van der Waals surface area contributed by atoms with Crippen LogP contribution in [0.3, 0.4) is 0 Å². The van der Waals surface area contributed by atoms with Crippen molar-refractivity contribution in [3.05, 3.63) is 29.5 Å². The third kappa shape index (κ3) is 3.38. The number of nitrogens with two attached hydrogens (primary N) is 1. The van der Waals surface area contributed by atoms with E-state index in [9.17, 15) is 13.6 Å². The molecule has 0 aliphatic carbocycles. The maximum Gasteiger partial charge on any atom is 0.271 e. The van der Waals surface area contributed by atoms with E-state index in [-0.39, 0.29) is 29.3 Å². The van der Waals surface area contributed by atoms with Gasteiger partial charge in [0.25, 0.3) is 5.91 Å². The fraction of sp³-hybridized carbons (Fsp3) is 0.357. The zero-order chi connectivity index (χ0) is 16.3. The zero-order valence-corrected chi connectivity index (χ0v) is 12.2. The SMILES string of the molecule is CC(C)CCOc1c(F)cc(F)cc1-c1n[nH]nc1C(N)=O. The molecule has 0 saturated heterocycles. The highest BCUT2D eigenvalue weighted by molar-refractivity contribution is 5.97. The number of hydrogen-bond donors (Lipinski definition) is 2. The lowest BCUT2D eigenvalue weighted by Crippen LogP contribution is -2.13. The Bertz CT molecular complexity index is 685. The van der Waals surface area contributed by atoms with Crippen molar-refractivity contribution >= 4 is 5.91 Å². The Morgan fingerprint density at radius 3 is 2.73 bits per heavy atom. The summed E-state index contributed by atoms with van der Waals surface area (Å²) in [6.07, 6.45) is 0.692. The molecule has 1 heterocycles. The van der Waals surface area contributed by atoms with Crippen molar-refractivity contribution in [2.45, 2.75) is 20.3 Å². The van der Waals surface area contributed by atoms with Crippen LogP contribution >= 0.6 is 0 Å². The van der Waals surface area contributed by atoms with Gasteiger partial charge in [-0.3, -0.25) is 4.79 Å². The van der Waals surface area contributed by atoms with Crippen molar-refractivity contribution in [2.24, 2.45) is 11.7 Å². The number of benzene rings is 1. The topological polar surface area (TPSA) is 93.9 Å². The molecule has 1 aromatic carbocycles. The molecule has 0 bridgehead atoms. The van der Waals surface area contributed by atoms with E-state index in [0.717, 1.165) is 6.07 Å². The van der Waals surface area contributed by atoms with Gasteiger partial charge in [0.2, 0.25) is 0 Å². The number of carbonyl (C=O) groups excluding carboxylic acids is 1. The van der Waals surface area contributed by atoms with Crippen LogP contribution in [-0.2, 0) is 0 Å². The number of nitrogens with zero attached hydrogens (tertiary/aromatic N) is 2. The average Bonchev–Trinajstić information content (AvgIpc) is 2.89. The van der Waals surface area contributed by atoms with Gasteiger partial charge in [-0.25, -0.2) is 8.78 Å². The fourth-order valence-corrected chi connectivity index (χ4v) is 1.87. The number of rotatable bonds is 6. The first-order chi connectivity index (χ1) is 10.4. The Hall–Kier alpha value is -2.51. The largest absolute Gasteiger partial charge is 0.490 e. The van der Waals surface area contributed by atoms with Gasteiger partial charge in [-0.05, 0) is 18.4 Å². The van der Waals surface area contributed by atoms with Gasteiger partial charge in [0.05, 0.1) is 12.2 Å². The number of hydrogen-bond acceptors (Lipinski definition) is 4. The number of carbonyl (C=O) groups is 1. The van der Waals surface area contributed by atoms with Gasteiger partial charge in [0, 0.05) is 6.07 Å². The van der Waals surface area contributed by atoms with Crippen LogP contribution in [0.25, 0.3) is 11.3 Å². The second-order valence-electron chi connectivity index (χ2n) is 5.18. The minimum atomic E-state index is -0.878. The predicted molar refractivity (Wildman–Crippen MR) is 75.2 cm³/mol. The first-order valence-electron chi connectivity index (χ1n) is 6.73. The molecule has 0 aliphatic heterocycles. The van der Waals surface area contributed by atoms with Crippen LogP contribution < -0.4 is 10.5 Å². The molecule has 22 heavy (non-hydrogen) atoms. The molecule has 2 rings (SSSR count). The molecule has 1 amide bonds. The Morgan fingerprint density at radius 1 is 1.36 bits per heavy atom. The molecule has 8 heteroatoms. The van der Waals surface area contributed by atoms with Crippen molar-refractivity contribution in [3.8, 4) is 17.0 Å². The van der Waals surface area contributed by atoms with Crippen molar-refractivity contribution in [1.82, 2.24) is 15.4 Å². The summed E-state index contributed by atoms with van der Waals surface area (Å²) >= 11 is 0. The van der Waals surface area contributed by atoms with Crippen LogP contribution in [-0.4, -0.2) is 27.9 Å². The molecular weight excluding hydrogens is 294 g/mol. The van der Waals surface area contributed by atoms with Crippen molar-refractivity contribution in [3.63, 3.8) is 0 Å². The second-order valence-corrected chi connectivity index (χ2v) is 5.18. The van der Waals surface area contributed by atoms with E-state index in [1.54, 1.807) is 0 Å². The van der Waals surface area contributed by atoms with Gasteiger partial charge in [-0.2, -0.15) is 15.4 Å². The van der Waals surface area contributed by atoms with E-state index in [2.05, 4.69) is 15.4 Å². The summed E-state index contributed by atoms with van der Waals surface area (Å²) in [5, 5.41) is 9.55. The van der Waals surface area contributed by atoms with Gasteiger partial charge in [0.1, 0.15) is 11.5 Å². The van der Waals surface area contributed by atoms with Crippen LogP contribution in [0.4, 0.5) is 8.78 Å². The minimum absolute atomic E-state index is 0.0104. The average molecular weight is 310 g/mol. The number of H-pyrrole nitrogens is 1. The minimum Gasteiger partial charge on any atom is -0.490 e. The molecule has 1 aromatic heterocycles. The number of amides is 1. The second kappa shape index (κ2) is 6.50. The maximum atomic E-state index is 14.0. The highest BCUT2D eigenvalue weighted by Crippen LogP contribution is 2.33. The lowest BCUT2D eigenvalue weighted by atomic mass is 10.1. The summed E-state index contributed by atoms with van der Waals surface area (Å²) in [5.74, 6) is -2.38. The molecule has 0 unspecified atom stereocenters. The molecule has 6 nitrogen and oxygen atoms in total. The van der Waals surface area contributed by atoms with E-state index < -0.39 is 17.5 Å². The third-order valence-electron chi connectivity index (χ3n) is 2.99. The van der Waals surface area contributed by atoms with Crippen LogP contribution in [0, 0.1) is 17.6 Å². The number of aromatic amines is 1. The van der Waals surface area contributed by atoms with Crippen LogP contribution in [0.5, 0.6) is 5.75 Å². The smallest absolute Gasteiger partial charge is 0.271 e. The van der Waals surface area contributed by atoms with Gasteiger partial charge in [-0.15, -0.1) is 0 Å². The zero-order valence-electron chi connectivity index (χ0n) is 12.2. The van der Waals surface area contributed by atoms with E-state index in [0.29, 0.717) is 18.4 Å². The normalized spacial score (nSPS) is 11.0. The molecule has 0 aliphatic rings. The van der Waals surface area contributed by atoms with Crippen LogP contribution in [0.2, 0.25) is 0 Å². The number of nitrogens with one attached hydrogen (secondary N) is 1. The summed E-state index contributed by atoms with van der Waals surface area (Å²) < 4.78 is 33.0. The molecule has 0 fully saturated rings. The Morgan fingerprint density at radius 2 is 2.09 bits per heavy atom. The molecular formula is C14H16F2N4O2. The Labute approximate surface area is 125 Å². The van der Waals surface area contributed by atoms with Crippen molar-refractivity contribution < 1.29 is 18.3 Å². The molecule has 0 spiro atoms. The van der Waals surface area contributed by atoms with Crippen molar-refractivity contribution in [1.29, 1.82) is 0 Å². The van der Waals surface area contributed by atoms with E-state index in [4.69, 9.17) is 10.5 Å². The maximum absolute atomic E-state index is 14.0. The van der Waals surface area contributed by atoms with Gasteiger partial charge >= 0.3 is 0 Å².